The molecule has 1 aromatic rings. The average Bonchev–Trinajstić information content (AvgIpc) is 2.68. The van der Waals surface area contributed by atoms with E-state index in [2.05, 4.69) is 12.2 Å². The van der Waals surface area contributed by atoms with E-state index < -0.39 is 0 Å². The fourth-order valence-corrected chi connectivity index (χ4v) is 5.29. The molecule has 1 amide bonds. The van der Waals surface area contributed by atoms with Crippen LogP contribution in [0.15, 0.2) is 30.3 Å². The molecule has 0 aliphatic heterocycles. The summed E-state index contributed by atoms with van der Waals surface area (Å²) >= 11 is 0. The Morgan fingerprint density at radius 2 is 1.65 bits per heavy atom. The first-order valence-corrected chi connectivity index (χ1v) is 11.1. The molecule has 2 unspecified atom stereocenters. The standard InChI is InChI=1S/C24H37NO/c1-2-3-4-5-7-10-19-13-14-21-18-22(16-15-20(21)17-19)24(26)25-23-11-8-6-9-12-23/h6,8-9,11-12,19-22H,2-5,7,10,13-18H2,1H3,(H,25,26)/t19?,20-,21?,22-/m1/s1. The maximum atomic E-state index is 12.6. The summed E-state index contributed by atoms with van der Waals surface area (Å²) in [5, 5.41) is 3.12. The highest BCUT2D eigenvalue weighted by Crippen LogP contribution is 2.46. The molecule has 4 atom stereocenters. The molecule has 0 aromatic heterocycles. The average molecular weight is 356 g/mol. The molecule has 144 valence electrons. The van der Waals surface area contributed by atoms with E-state index in [0.29, 0.717) is 0 Å². The highest BCUT2D eigenvalue weighted by Gasteiger charge is 2.37. The molecule has 0 spiro atoms. The van der Waals surface area contributed by atoms with Crippen molar-refractivity contribution in [2.24, 2.45) is 23.7 Å². The van der Waals surface area contributed by atoms with Crippen LogP contribution < -0.4 is 5.32 Å². The largest absolute Gasteiger partial charge is 0.326 e. The molecule has 1 aromatic carbocycles. The Bertz CT molecular complexity index is 540. The second-order valence-electron chi connectivity index (χ2n) is 8.77. The number of para-hydroxylation sites is 1. The quantitative estimate of drug-likeness (QED) is 0.509. The number of rotatable bonds is 8. The number of carbonyl (C=O) groups is 1. The van der Waals surface area contributed by atoms with Gasteiger partial charge in [-0.15, -0.1) is 0 Å². The molecule has 2 aliphatic carbocycles. The lowest BCUT2D eigenvalue weighted by Crippen LogP contribution is -2.35. The van der Waals surface area contributed by atoms with Crippen LogP contribution in [-0.4, -0.2) is 5.91 Å². The van der Waals surface area contributed by atoms with Crippen molar-refractivity contribution in [2.75, 3.05) is 5.32 Å². The second-order valence-corrected chi connectivity index (χ2v) is 8.77. The van der Waals surface area contributed by atoms with Crippen molar-refractivity contribution >= 4 is 11.6 Å². The van der Waals surface area contributed by atoms with Crippen molar-refractivity contribution in [3.63, 3.8) is 0 Å². The number of nitrogens with one attached hydrogen (secondary N) is 1. The van der Waals surface area contributed by atoms with Gasteiger partial charge in [0.1, 0.15) is 0 Å². The molecule has 2 aliphatic rings. The molecule has 3 rings (SSSR count). The van der Waals surface area contributed by atoms with Crippen LogP contribution in [0.3, 0.4) is 0 Å². The topological polar surface area (TPSA) is 29.1 Å². The van der Waals surface area contributed by atoms with Gasteiger partial charge in [-0.25, -0.2) is 0 Å². The lowest BCUT2D eigenvalue weighted by atomic mass is 9.64. The molecule has 0 bridgehead atoms. The molecule has 0 radical (unpaired) electrons. The van der Waals surface area contributed by atoms with E-state index in [1.807, 2.05) is 30.3 Å². The van der Waals surface area contributed by atoms with Crippen molar-refractivity contribution < 1.29 is 4.79 Å². The van der Waals surface area contributed by atoms with Gasteiger partial charge < -0.3 is 5.32 Å². The van der Waals surface area contributed by atoms with Gasteiger partial charge in [-0.2, -0.15) is 0 Å². The number of hydrogen-bond acceptors (Lipinski definition) is 1. The van der Waals surface area contributed by atoms with Crippen LogP contribution >= 0.6 is 0 Å². The Morgan fingerprint density at radius 3 is 2.46 bits per heavy atom. The monoisotopic (exact) mass is 355 g/mol. The van der Waals surface area contributed by atoms with Gasteiger partial charge in [-0.1, -0.05) is 70.1 Å². The predicted molar refractivity (Wildman–Crippen MR) is 110 cm³/mol. The Balaban J connectivity index is 1.40. The molecular formula is C24H37NO. The fourth-order valence-electron chi connectivity index (χ4n) is 5.29. The van der Waals surface area contributed by atoms with Crippen molar-refractivity contribution in [1.29, 1.82) is 0 Å². The van der Waals surface area contributed by atoms with Gasteiger partial charge in [-0.3, -0.25) is 4.79 Å². The lowest BCUT2D eigenvalue weighted by Gasteiger charge is -2.42. The fraction of sp³-hybridized carbons (Fsp3) is 0.708. The van der Waals surface area contributed by atoms with Crippen LogP contribution in [0.1, 0.15) is 84.0 Å². The summed E-state index contributed by atoms with van der Waals surface area (Å²) in [6.07, 6.45) is 16.2. The number of fused-ring (bicyclic) bond motifs is 1. The van der Waals surface area contributed by atoms with Crippen molar-refractivity contribution in [3.8, 4) is 0 Å². The van der Waals surface area contributed by atoms with E-state index in [0.717, 1.165) is 36.3 Å². The summed E-state index contributed by atoms with van der Waals surface area (Å²) in [6.45, 7) is 2.29. The molecular weight excluding hydrogens is 318 g/mol. The van der Waals surface area contributed by atoms with E-state index in [-0.39, 0.29) is 11.8 Å². The zero-order valence-corrected chi connectivity index (χ0v) is 16.6. The smallest absolute Gasteiger partial charge is 0.227 e. The van der Waals surface area contributed by atoms with Gasteiger partial charge in [0.2, 0.25) is 5.91 Å². The Hall–Kier alpha value is -1.31. The highest BCUT2D eigenvalue weighted by molar-refractivity contribution is 5.92. The van der Waals surface area contributed by atoms with Gasteiger partial charge in [0.15, 0.2) is 0 Å². The van der Waals surface area contributed by atoms with Gasteiger partial charge in [0.05, 0.1) is 0 Å². The normalized spacial score (nSPS) is 28.3. The highest BCUT2D eigenvalue weighted by atomic mass is 16.1. The number of benzene rings is 1. The minimum absolute atomic E-state index is 0.224. The van der Waals surface area contributed by atoms with Gasteiger partial charge in [0, 0.05) is 11.6 Å². The third kappa shape index (κ3) is 5.59. The molecule has 0 heterocycles. The van der Waals surface area contributed by atoms with Crippen LogP contribution in [0, 0.1) is 23.7 Å². The summed E-state index contributed by atoms with van der Waals surface area (Å²) in [5.74, 6) is 3.12. The van der Waals surface area contributed by atoms with E-state index in [1.54, 1.807) is 0 Å². The molecule has 26 heavy (non-hydrogen) atoms. The number of unbranched alkanes of at least 4 members (excludes halogenated alkanes) is 4. The molecule has 1 N–H and O–H groups in total. The van der Waals surface area contributed by atoms with Gasteiger partial charge in [0.25, 0.3) is 0 Å². The Kier molecular flexibility index (Phi) is 7.58. The Morgan fingerprint density at radius 1 is 0.923 bits per heavy atom. The van der Waals surface area contributed by atoms with Crippen molar-refractivity contribution in [2.45, 2.75) is 84.0 Å². The summed E-state index contributed by atoms with van der Waals surface area (Å²) in [5.41, 5.74) is 0.936. The van der Waals surface area contributed by atoms with E-state index in [9.17, 15) is 4.79 Å². The summed E-state index contributed by atoms with van der Waals surface area (Å²) in [7, 11) is 0. The number of hydrogen-bond donors (Lipinski definition) is 1. The number of amides is 1. The van der Waals surface area contributed by atoms with E-state index in [1.165, 1.54) is 64.2 Å². The summed E-state index contributed by atoms with van der Waals surface area (Å²) in [4.78, 5) is 12.6. The van der Waals surface area contributed by atoms with Crippen molar-refractivity contribution in [3.05, 3.63) is 30.3 Å². The van der Waals surface area contributed by atoms with E-state index >= 15 is 0 Å². The third-order valence-electron chi connectivity index (χ3n) is 6.85. The van der Waals surface area contributed by atoms with Gasteiger partial charge in [-0.05, 0) is 62.0 Å². The van der Waals surface area contributed by atoms with Crippen LogP contribution in [0.25, 0.3) is 0 Å². The second kappa shape index (κ2) is 10.1. The van der Waals surface area contributed by atoms with Gasteiger partial charge >= 0.3 is 0 Å². The lowest BCUT2D eigenvalue weighted by molar-refractivity contribution is -0.122. The van der Waals surface area contributed by atoms with Crippen molar-refractivity contribution in [1.82, 2.24) is 0 Å². The molecule has 2 fully saturated rings. The maximum Gasteiger partial charge on any atom is 0.227 e. The maximum absolute atomic E-state index is 12.6. The SMILES string of the molecule is CCCCCCCC1CCC2C[C@H](C(=O)Nc3ccccc3)CC[C@@H]2C1. The Labute approximate surface area is 160 Å². The number of anilines is 1. The van der Waals surface area contributed by atoms with Crippen LogP contribution in [0.4, 0.5) is 5.69 Å². The summed E-state index contributed by atoms with van der Waals surface area (Å²) in [6, 6.07) is 9.92. The molecule has 0 saturated heterocycles. The molecule has 2 heteroatoms. The first-order chi connectivity index (χ1) is 12.8. The number of carbonyl (C=O) groups excluding carboxylic acids is 1. The third-order valence-corrected chi connectivity index (χ3v) is 6.85. The molecule has 2 saturated carbocycles. The first-order valence-electron chi connectivity index (χ1n) is 11.1. The first kappa shape index (κ1) is 19.5. The summed E-state index contributed by atoms with van der Waals surface area (Å²) < 4.78 is 0. The predicted octanol–water partition coefficient (Wildman–Crippen LogP) is 6.82. The van der Waals surface area contributed by atoms with Crippen LogP contribution in [0.5, 0.6) is 0 Å². The minimum Gasteiger partial charge on any atom is -0.326 e. The van der Waals surface area contributed by atoms with Crippen LogP contribution in [-0.2, 0) is 4.79 Å². The molecule has 2 nitrogen and oxygen atoms in total. The zero-order valence-electron chi connectivity index (χ0n) is 16.6. The van der Waals surface area contributed by atoms with E-state index in [4.69, 9.17) is 0 Å². The minimum atomic E-state index is 0.224. The zero-order chi connectivity index (χ0) is 18.2. The van der Waals surface area contributed by atoms with Crippen LogP contribution in [0.2, 0.25) is 0 Å².